The lowest BCUT2D eigenvalue weighted by Gasteiger charge is -2.44. The zero-order valence-corrected chi connectivity index (χ0v) is 15.9. The van der Waals surface area contributed by atoms with Gasteiger partial charge in [0.25, 0.3) is 0 Å². The van der Waals surface area contributed by atoms with E-state index in [4.69, 9.17) is 5.11 Å². The van der Waals surface area contributed by atoms with Gasteiger partial charge in [0.1, 0.15) is 17.8 Å². The van der Waals surface area contributed by atoms with Crippen molar-refractivity contribution in [2.45, 2.75) is 31.3 Å². The van der Waals surface area contributed by atoms with E-state index in [1.54, 1.807) is 0 Å². The molecule has 1 aliphatic rings. The van der Waals surface area contributed by atoms with Crippen molar-refractivity contribution in [1.82, 2.24) is 4.90 Å². The zero-order chi connectivity index (χ0) is 20.9. The Morgan fingerprint density at radius 1 is 1.14 bits per heavy atom. The molecule has 1 amide bonds. The number of amides is 1. The molecular weight excluding hydrogens is 373 g/mol. The first-order valence-electron chi connectivity index (χ1n) is 9.41. The molecule has 2 aromatic rings. The van der Waals surface area contributed by atoms with Gasteiger partial charge >= 0.3 is 5.97 Å². The van der Waals surface area contributed by atoms with Crippen LogP contribution in [0, 0.1) is 17.1 Å². The van der Waals surface area contributed by atoms with Crippen LogP contribution in [0.15, 0.2) is 54.6 Å². The molecule has 6 nitrogen and oxygen atoms in total. The molecule has 150 valence electrons. The van der Waals surface area contributed by atoms with E-state index < -0.39 is 29.7 Å². The van der Waals surface area contributed by atoms with E-state index in [2.05, 4.69) is 11.0 Å². The van der Waals surface area contributed by atoms with Crippen LogP contribution in [-0.4, -0.2) is 40.5 Å². The fourth-order valence-electron chi connectivity index (χ4n) is 3.76. The molecule has 0 aromatic heterocycles. The third kappa shape index (κ3) is 4.79. The maximum absolute atomic E-state index is 13.8. The smallest absolute Gasteiger partial charge is 0.312 e. The minimum atomic E-state index is -1.29. The molecule has 0 unspecified atom stereocenters. The number of aliphatic carboxylic acids is 1. The first kappa shape index (κ1) is 20.5. The summed E-state index contributed by atoms with van der Waals surface area (Å²) in [6, 6.07) is 17.6. The summed E-state index contributed by atoms with van der Waals surface area (Å²) in [7, 11) is 0. The van der Waals surface area contributed by atoms with Gasteiger partial charge in [0, 0.05) is 25.3 Å². The molecule has 1 fully saturated rings. The zero-order valence-electron chi connectivity index (χ0n) is 15.9. The normalized spacial score (nSPS) is 16.0. The number of halogens is 1. The van der Waals surface area contributed by atoms with Gasteiger partial charge in [-0.1, -0.05) is 36.4 Å². The molecule has 0 saturated carbocycles. The standard InChI is InChI=1S/C22H22FN3O3/c23-18-7-4-8-19(13-18)26(20(27)14-21(28)29)22(16-24)9-11-25(12-10-22)15-17-5-2-1-3-6-17/h1-8,13H,9-12,14-15H2,(H,28,29). The van der Waals surface area contributed by atoms with Gasteiger partial charge in [-0.2, -0.15) is 5.26 Å². The van der Waals surface area contributed by atoms with Crippen molar-refractivity contribution < 1.29 is 19.1 Å². The van der Waals surface area contributed by atoms with Crippen molar-refractivity contribution in [3.8, 4) is 6.07 Å². The number of likely N-dealkylation sites (tertiary alicyclic amines) is 1. The number of piperidine rings is 1. The summed E-state index contributed by atoms with van der Waals surface area (Å²) >= 11 is 0. The first-order valence-corrected chi connectivity index (χ1v) is 9.41. The summed E-state index contributed by atoms with van der Waals surface area (Å²) in [6.07, 6.45) is -0.0654. The summed E-state index contributed by atoms with van der Waals surface area (Å²) in [5.74, 6) is -2.56. The third-order valence-electron chi connectivity index (χ3n) is 5.19. The number of nitriles is 1. The van der Waals surface area contributed by atoms with E-state index >= 15 is 0 Å². The summed E-state index contributed by atoms with van der Waals surface area (Å²) in [4.78, 5) is 27.3. The average Bonchev–Trinajstić information content (AvgIpc) is 2.70. The molecule has 0 radical (unpaired) electrons. The van der Waals surface area contributed by atoms with Gasteiger partial charge in [-0.05, 0) is 36.6 Å². The number of rotatable bonds is 6. The van der Waals surface area contributed by atoms with Crippen molar-refractivity contribution in [3.05, 3.63) is 66.0 Å². The maximum Gasteiger partial charge on any atom is 0.312 e. The highest BCUT2D eigenvalue weighted by atomic mass is 19.1. The molecule has 29 heavy (non-hydrogen) atoms. The molecule has 3 rings (SSSR count). The van der Waals surface area contributed by atoms with Gasteiger partial charge in [-0.3, -0.25) is 19.4 Å². The molecule has 0 atom stereocenters. The summed E-state index contributed by atoms with van der Waals surface area (Å²) in [5.41, 5.74) is 0.142. The second kappa shape index (κ2) is 8.84. The SMILES string of the molecule is N#CC1(N(C(=O)CC(=O)O)c2cccc(F)c2)CCN(Cc2ccccc2)CC1. The van der Waals surface area contributed by atoms with Gasteiger partial charge in [0.15, 0.2) is 0 Å². The highest BCUT2D eigenvalue weighted by Crippen LogP contribution is 2.34. The monoisotopic (exact) mass is 395 g/mol. The second-order valence-corrected chi connectivity index (χ2v) is 7.18. The molecule has 0 bridgehead atoms. The molecule has 0 aliphatic carbocycles. The molecule has 1 N–H and O–H groups in total. The Kier molecular flexibility index (Phi) is 6.25. The second-order valence-electron chi connectivity index (χ2n) is 7.18. The van der Waals surface area contributed by atoms with Crippen molar-refractivity contribution >= 4 is 17.6 Å². The van der Waals surface area contributed by atoms with E-state index in [-0.39, 0.29) is 5.69 Å². The Bertz CT molecular complexity index is 918. The van der Waals surface area contributed by atoms with Crippen molar-refractivity contribution in [1.29, 1.82) is 5.26 Å². The van der Waals surface area contributed by atoms with Crippen molar-refractivity contribution in [2.24, 2.45) is 0 Å². The number of benzene rings is 2. The Balaban J connectivity index is 1.84. The highest BCUT2D eigenvalue weighted by Gasteiger charge is 2.44. The van der Waals surface area contributed by atoms with E-state index in [0.29, 0.717) is 25.9 Å². The fourth-order valence-corrected chi connectivity index (χ4v) is 3.76. The van der Waals surface area contributed by atoms with Crippen LogP contribution >= 0.6 is 0 Å². The Hall–Kier alpha value is -3.24. The van der Waals surface area contributed by atoms with E-state index in [0.717, 1.165) is 18.2 Å². The lowest BCUT2D eigenvalue weighted by Crippen LogP contribution is -2.57. The number of carbonyl (C=O) groups excluding carboxylic acids is 1. The maximum atomic E-state index is 13.8. The van der Waals surface area contributed by atoms with Crippen molar-refractivity contribution in [2.75, 3.05) is 18.0 Å². The minimum absolute atomic E-state index is 0.203. The quantitative estimate of drug-likeness (QED) is 0.760. The minimum Gasteiger partial charge on any atom is -0.481 e. The molecule has 1 heterocycles. The number of hydrogen-bond donors (Lipinski definition) is 1. The van der Waals surface area contributed by atoms with Gasteiger partial charge in [-0.25, -0.2) is 4.39 Å². The molecule has 7 heteroatoms. The molecule has 1 saturated heterocycles. The highest BCUT2D eigenvalue weighted by molar-refractivity contribution is 6.04. The summed E-state index contributed by atoms with van der Waals surface area (Å²) in [5, 5.41) is 19.1. The van der Waals surface area contributed by atoms with E-state index in [1.807, 2.05) is 30.3 Å². The number of carbonyl (C=O) groups is 2. The lowest BCUT2D eigenvalue weighted by molar-refractivity contribution is -0.140. The number of hydrogen-bond acceptors (Lipinski definition) is 4. The largest absolute Gasteiger partial charge is 0.481 e. The van der Waals surface area contributed by atoms with Crippen LogP contribution in [0.5, 0.6) is 0 Å². The Morgan fingerprint density at radius 2 is 1.83 bits per heavy atom. The Labute approximate surface area is 168 Å². The number of anilines is 1. The average molecular weight is 395 g/mol. The van der Waals surface area contributed by atoms with Crippen LogP contribution in [0.2, 0.25) is 0 Å². The van der Waals surface area contributed by atoms with E-state index in [9.17, 15) is 19.2 Å². The van der Waals surface area contributed by atoms with Gasteiger partial charge in [0.05, 0.1) is 6.07 Å². The predicted octanol–water partition coefficient (Wildman–Crippen LogP) is 3.19. The molecular formula is C22H22FN3O3. The van der Waals surface area contributed by atoms with Crippen LogP contribution < -0.4 is 4.90 Å². The third-order valence-corrected chi connectivity index (χ3v) is 5.19. The number of nitrogens with zero attached hydrogens (tertiary/aromatic N) is 3. The van der Waals surface area contributed by atoms with Crippen LogP contribution in [0.25, 0.3) is 0 Å². The first-order chi connectivity index (χ1) is 13.9. The molecule has 2 aromatic carbocycles. The molecule has 1 aliphatic heterocycles. The summed E-state index contributed by atoms with van der Waals surface area (Å²) < 4.78 is 13.8. The van der Waals surface area contributed by atoms with Gasteiger partial charge in [0.2, 0.25) is 5.91 Å². The van der Waals surface area contributed by atoms with Gasteiger partial charge < -0.3 is 5.11 Å². The van der Waals surface area contributed by atoms with Crippen LogP contribution in [0.1, 0.15) is 24.8 Å². The van der Waals surface area contributed by atoms with E-state index in [1.165, 1.54) is 23.1 Å². The molecule has 0 spiro atoms. The predicted molar refractivity (Wildman–Crippen MR) is 105 cm³/mol. The lowest BCUT2D eigenvalue weighted by atomic mass is 9.85. The summed E-state index contributed by atoms with van der Waals surface area (Å²) in [6.45, 7) is 1.86. The van der Waals surface area contributed by atoms with Crippen LogP contribution in [-0.2, 0) is 16.1 Å². The fraction of sp³-hybridized carbons (Fsp3) is 0.318. The van der Waals surface area contributed by atoms with Crippen LogP contribution in [0.4, 0.5) is 10.1 Å². The van der Waals surface area contributed by atoms with Crippen LogP contribution in [0.3, 0.4) is 0 Å². The van der Waals surface area contributed by atoms with Gasteiger partial charge in [-0.15, -0.1) is 0 Å². The van der Waals surface area contributed by atoms with Crippen molar-refractivity contribution in [3.63, 3.8) is 0 Å². The number of carboxylic acid groups (broad SMARTS) is 1. The Morgan fingerprint density at radius 3 is 2.41 bits per heavy atom. The topological polar surface area (TPSA) is 84.6 Å². The number of carboxylic acids is 1.